The van der Waals surface area contributed by atoms with Crippen molar-refractivity contribution in [2.24, 2.45) is 0 Å². The first-order chi connectivity index (χ1) is 29.3. The van der Waals surface area contributed by atoms with Gasteiger partial charge in [-0.1, -0.05) is 127 Å². The maximum atomic E-state index is 5.49. The fraction of sp³-hybridized carbons (Fsp3) is 0. The Morgan fingerprint density at radius 3 is 1.81 bits per heavy atom. The molecule has 0 fully saturated rings. The van der Waals surface area contributed by atoms with Crippen molar-refractivity contribution >= 4 is 120 Å². The summed E-state index contributed by atoms with van der Waals surface area (Å²) in [4.78, 5) is 5.49. The van der Waals surface area contributed by atoms with Crippen molar-refractivity contribution in [1.29, 1.82) is 0 Å². The van der Waals surface area contributed by atoms with Crippen molar-refractivity contribution in [3.63, 3.8) is 0 Å². The van der Waals surface area contributed by atoms with Crippen molar-refractivity contribution < 1.29 is 0 Å². The smallest absolute Gasteiger partial charge is 0.146 e. The summed E-state index contributed by atoms with van der Waals surface area (Å²) in [5, 5.41) is 17.6. The molecule has 59 heavy (non-hydrogen) atoms. The minimum Gasteiger partial charge on any atom is -0.309 e. The number of hydrogen-bond acceptors (Lipinski definition) is 1. The van der Waals surface area contributed by atoms with E-state index < -0.39 is 0 Å². The predicted molar refractivity (Wildman–Crippen MR) is 248 cm³/mol. The van der Waals surface area contributed by atoms with E-state index in [0.717, 1.165) is 16.9 Å². The van der Waals surface area contributed by atoms with Crippen LogP contribution in [0, 0.1) is 0 Å². The maximum Gasteiger partial charge on any atom is 0.146 e. The van der Waals surface area contributed by atoms with Crippen LogP contribution in [0.25, 0.3) is 136 Å². The van der Waals surface area contributed by atoms with E-state index in [0.29, 0.717) is 0 Å². The summed E-state index contributed by atoms with van der Waals surface area (Å²) in [6.45, 7) is 0. The van der Waals surface area contributed by atoms with Gasteiger partial charge in [-0.15, -0.1) is 0 Å². The summed E-state index contributed by atoms with van der Waals surface area (Å²) >= 11 is 0. The third kappa shape index (κ3) is 3.60. The summed E-state index contributed by atoms with van der Waals surface area (Å²) in [6, 6.07) is 65.0. The molecule has 0 bridgehead atoms. The van der Waals surface area contributed by atoms with E-state index in [-0.39, 0.29) is 0 Å². The van der Waals surface area contributed by atoms with Crippen molar-refractivity contribution in [3.8, 4) is 16.8 Å². The second kappa shape index (κ2) is 10.5. The highest BCUT2D eigenvalue weighted by Crippen LogP contribution is 2.49. The lowest BCUT2D eigenvalue weighted by Gasteiger charge is -2.11. The van der Waals surface area contributed by atoms with Crippen LogP contribution in [0.5, 0.6) is 0 Å². The monoisotopic (exact) mass is 746 g/mol. The number of nitrogens with zero attached hydrogens (tertiary/aromatic N) is 4. The van der Waals surface area contributed by atoms with Gasteiger partial charge < -0.3 is 8.97 Å². The molecule has 0 aliphatic heterocycles. The van der Waals surface area contributed by atoms with Crippen LogP contribution >= 0.6 is 0 Å². The van der Waals surface area contributed by atoms with Gasteiger partial charge >= 0.3 is 0 Å². The summed E-state index contributed by atoms with van der Waals surface area (Å²) in [5.74, 6) is 0. The lowest BCUT2D eigenvalue weighted by atomic mass is 9.94. The molecule has 270 valence electrons. The molecule has 0 saturated heterocycles. The third-order valence-corrected chi connectivity index (χ3v) is 13.5. The third-order valence-electron chi connectivity index (χ3n) is 13.5. The molecular weight excluding hydrogens is 717 g/mol. The molecule has 0 N–H and O–H groups in total. The minimum absolute atomic E-state index is 1.00. The van der Waals surface area contributed by atoms with Gasteiger partial charge in [-0.05, 0) is 75.6 Å². The molecule has 0 aliphatic carbocycles. The molecule has 9 aromatic carbocycles. The van der Waals surface area contributed by atoms with Crippen molar-refractivity contribution in [2.45, 2.75) is 0 Å². The summed E-state index contributed by atoms with van der Waals surface area (Å²) in [5.41, 5.74) is 13.1. The van der Waals surface area contributed by atoms with E-state index >= 15 is 0 Å². The van der Waals surface area contributed by atoms with Crippen LogP contribution in [0.3, 0.4) is 0 Å². The lowest BCUT2D eigenvalue weighted by Crippen LogP contribution is -1.93. The Morgan fingerprint density at radius 2 is 0.966 bits per heavy atom. The Hall–Kier alpha value is -7.95. The second-order valence-corrected chi connectivity index (χ2v) is 16.3. The van der Waals surface area contributed by atoms with E-state index in [4.69, 9.17) is 4.98 Å². The molecule has 0 amide bonds. The Labute approximate surface area is 335 Å². The Kier molecular flexibility index (Phi) is 5.38. The molecular formula is C55H30N4. The van der Waals surface area contributed by atoms with Gasteiger partial charge in [0, 0.05) is 65.1 Å². The highest BCUT2D eigenvalue weighted by atomic mass is 15.0. The van der Waals surface area contributed by atoms with Gasteiger partial charge in [0.1, 0.15) is 5.65 Å². The van der Waals surface area contributed by atoms with E-state index in [1.807, 2.05) is 0 Å². The van der Waals surface area contributed by atoms with Crippen LogP contribution in [0.4, 0.5) is 0 Å². The lowest BCUT2D eigenvalue weighted by molar-refractivity contribution is 1.18. The van der Waals surface area contributed by atoms with Gasteiger partial charge in [0.15, 0.2) is 0 Å². The number of benzene rings is 9. The number of aromatic nitrogens is 4. The first-order valence-electron chi connectivity index (χ1n) is 20.4. The number of para-hydroxylation sites is 4. The molecule has 0 atom stereocenters. The molecule has 4 heteroatoms. The van der Waals surface area contributed by atoms with Crippen molar-refractivity contribution in [3.05, 3.63) is 182 Å². The largest absolute Gasteiger partial charge is 0.309 e. The Morgan fingerprint density at radius 1 is 0.339 bits per heavy atom. The zero-order valence-electron chi connectivity index (χ0n) is 31.6. The Bertz CT molecular complexity index is 4300. The average molecular weight is 747 g/mol. The Balaban J connectivity index is 1.10. The van der Waals surface area contributed by atoms with Crippen molar-refractivity contribution in [2.75, 3.05) is 0 Å². The van der Waals surface area contributed by atoms with Gasteiger partial charge in [0.2, 0.25) is 0 Å². The van der Waals surface area contributed by atoms with Crippen LogP contribution in [0.1, 0.15) is 0 Å². The van der Waals surface area contributed by atoms with Crippen LogP contribution in [0.15, 0.2) is 182 Å². The zero-order chi connectivity index (χ0) is 38.1. The molecule has 0 spiro atoms. The zero-order valence-corrected chi connectivity index (χ0v) is 31.6. The van der Waals surface area contributed by atoms with E-state index in [1.165, 1.54) is 120 Å². The van der Waals surface area contributed by atoms with Gasteiger partial charge in [-0.25, -0.2) is 4.98 Å². The standard InChI is InChI=1S/C55H30N4/c1-2-15-35(16-3-1)57-45-23-9-8-18-37(45)43-28-34(24-25-46(43)57)42-27-33-14-6-7-17-36(33)49-39-20-11-22-41-51-50-40-21-10-19-38-44-26-31-12-4-5-13-32(31)29-47(44)58(52(38)40)48(50)30-56-55(51)59(53(39)41)54(42)49/h1-30H. The molecule has 0 radical (unpaired) electrons. The van der Waals surface area contributed by atoms with Crippen LogP contribution in [0.2, 0.25) is 0 Å². The molecule has 6 aromatic heterocycles. The molecule has 15 rings (SSSR count). The van der Waals surface area contributed by atoms with Gasteiger partial charge in [0.05, 0.1) is 44.8 Å². The normalized spacial score (nSPS) is 12.7. The van der Waals surface area contributed by atoms with Gasteiger partial charge in [-0.2, -0.15) is 0 Å². The predicted octanol–water partition coefficient (Wildman–Crippen LogP) is 14.5. The second-order valence-electron chi connectivity index (χ2n) is 16.3. The topological polar surface area (TPSA) is 26.6 Å². The minimum atomic E-state index is 1.00. The van der Waals surface area contributed by atoms with Gasteiger partial charge in [0.25, 0.3) is 0 Å². The van der Waals surface area contributed by atoms with Gasteiger partial charge in [-0.3, -0.25) is 4.40 Å². The summed E-state index contributed by atoms with van der Waals surface area (Å²) in [7, 11) is 0. The van der Waals surface area contributed by atoms with Crippen LogP contribution < -0.4 is 0 Å². The summed E-state index contributed by atoms with van der Waals surface area (Å²) < 4.78 is 7.36. The number of fused-ring (bicyclic) bond motifs is 19. The summed E-state index contributed by atoms with van der Waals surface area (Å²) in [6.07, 6.45) is 2.14. The van der Waals surface area contributed by atoms with E-state index in [2.05, 4.69) is 195 Å². The molecule has 0 saturated carbocycles. The van der Waals surface area contributed by atoms with E-state index in [9.17, 15) is 0 Å². The molecule has 0 aliphatic rings. The van der Waals surface area contributed by atoms with Crippen molar-refractivity contribution in [1.82, 2.24) is 18.4 Å². The average Bonchev–Trinajstić information content (AvgIpc) is 4.08. The molecule has 4 nitrogen and oxygen atoms in total. The SMILES string of the molecule is c1ccc(-n2c3ccccc3c3cc(-c4cc5ccccc5c5c6cccc7c8c9c%10cccc%11c%12cc%13ccccc%13cc%12n(c9cnc8n(c45)c76)c%11%10)ccc32)cc1. The number of hydrogen-bond donors (Lipinski definition) is 0. The first kappa shape index (κ1) is 30.2. The highest BCUT2D eigenvalue weighted by molar-refractivity contribution is 6.37. The number of pyridine rings is 1. The van der Waals surface area contributed by atoms with Crippen LogP contribution in [-0.4, -0.2) is 18.4 Å². The number of rotatable bonds is 2. The van der Waals surface area contributed by atoms with Crippen LogP contribution in [-0.2, 0) is 0 Å². The fourth-order valence-corrected chi connectivity index (χ4v) is 11.1. The first-order valence-corrected chi connectivity index (χ1v) is 20.4. The van der Waals surface area contributed by atoms with E-state index in [1.54, 1.807) is 0 Å². The quantitative estimate of drug-likeness (QED) is 0.173. The molecule has 6 heterocycles. The fourth-order valence-electron chi connectivity index (χ4n) is 11.1. The highest BCUT2D eigenvalue weighted by Gasteiger charge is 2.27. The molecule has 15 aromatic rings. The maximum absolute atomic E-state index is 5.49. The molecule has 0 unspecified atom stereocenters.